The first-order chi connectivity index (χ1) is 13.6. The number of thiazole rings is 1. The minimum atomic E-state index is 0.583. The van der Waals surface area contributed by atoms with Gasteiger partial charge in [-0.1, -0.05) is 18.2 Å². The van der Waals surface area contributed by atoms with Gasteiger partial charge < -0.3 is 10.6 Å². The number of para-hydroxylation sites is 1. The summed E-state index contributed by atoms with van der Waals surface area (Å²) in [5, 5.41) is 14.6. The summed E-state index contributed by atoms with van der Waals surface area (Å²) in [6.45, 7) is 10.4. The van der Waals surface area contributed by atoms with E-state index in [0.717, 1.165) is 58.8 Å². The molecule has 0 spiro atoms. The Balaban J connectivity index is 1.70. The first-order valence-electron chi connectivity index (χ1n) is 9.61. The predicted molar refractivity (Wildman–Crippen MR) is 116 cm³/mol. The van der Waals surface area contributed by atoms with Gasteiger partial charge in [0.05, 0.1) is 28.6 Å². The molecule has 0 amide bonds. The molecule has 6 nitrogen and oxygen atoms in total. The lowest BCUT2D eigenvalue weighted by molar-refractivity contribution is 0.784. The number of nitrogens with one attached hydrogen (secondary N) is 2. The van der Waals surface area contributed by atoms with Gasteiger partial charge in [0.25, 0.3) is 0 Å². The highest BCUT2D eigenvalue weighted by Crippen LogP contribution is 2.17. The highest BCUT2D eigenvalue weighted by molar-refractivity contribution is 7.09. The lowest BCUT2D eigenvalue weighted by Gasteiger charge is -2.13. The van der Waals surface area contributed by atoms with Crippen molar-refractivity contribution in [3.05, 3.63) is 63.4 Å². The summed E-state index contributed by atoms with van der Waals surface area (Å²) < 4.78 is 1.99. The Labute approximate surface area is 170 Å². The molecule has 2 N–H and O–H groups in total. The highest BCUT2D eigenvalue weighted by Gasteiger charge is 2.09. The topological polar surface area (TPSA) is 67.1 Å². The maximum absolute atomic E-state index is 4.78. The number of benzene rings is 1. The Bertz CT molecular complexity index is 940. The second kappa shape index (κ2) is 9.50. The standard InChI is InChI=1S/C21H28N6S/c1-5-22-21(23-11-10-19-14-28-17(4)25-19)24-13-18-8-6-7-9-20(18)27-16(3)12-15(2)26-27/h6-9,12,14H,5,10-11,13H2,1-4H3,(H2,22,23,24). The number of nitrogens with zero attached hydrogens (tertiary/aromatic N) is 4. The number of hydrogen-bond acceptors (Lipinski definition) is 4. The maximum Gasteiger partial charge on any atom is 0.191 e. The molecule has 0 radical (unpaired) electrons. The zero-order valence-corrected chi connectivity index (χ0v) is 17.8. The van der Waals surface area contributed by atoms with E-state index in [1.165, 1.54) is 0 Å². The molecule has 148 valence electrons. The summed E-state index contributed by atoms with van der Waals surface area (Å²) in [5.74, 6) is 0.817. The molecule has 2 aromatic heterocycles. The number of aliphatic imine (C=N–C) groups is 1. The Morgan fingerprint density at radius 2 is 2.00 bits per heavy atom. The third kappa shape index (κ3) is 5.19. The molecule has 0 aliphatic heterocycles. The van der Waals surface area contributed by atoms with Crippen LogP contribution >= 0.6 is 11.3 Å². The van der Waals surface area contributed by atoms with E-state index in [9.17, 15) is 0 Å². The third-order valence-corrected chi connectivity index (χ3v) is 5.14. The molecule has 7 heteroatoms. The fourth-order valence-electron chi connectivity index (χ4n) is 3.06. The number of hydrogen-bond donors (Lipinski definition) is 2. The van der Waals surface area contributed by atoms with Crippen molar-refractivity contribution in [2.75, 3.05) is 13.1 Å². The zero-order valence-electron chi connectivity index (χ0n) is 17.0. The van der Waals surface area contributed by atoms with E-state index in [-0.39, 0.29) is 0 Å². The molecular weight excluding hydrogens is 368 g/mol. The van der Waals surface area contributed by atoms with Gasteiger partial charge in [-0.2, -0.15) is 5.10 Å². The zero-order chi connectivity index (χ0) is 19.9. The van der Waals surface area contributed by atoms with Gasteiger partial charge in [-0.05, 0) is 45.4 Å². The summed E-state index contributed by atoms with van der Waals surface area (Å²) in [7, 11) is 0. The summed E-state index contributed by atoms with van der Waals surface area (Å²) in [6, 6.07) is 10.4. The molecule has 0 fully saturated rings. The summed E-state index contributed by atoms with van der Waals surface area (Å²) in [5.41, 5.74) is 5.48. The van der Waals surface area contributed by atoms with E-state index < -0.39 is 0 Å². The summed E-state index contributed by atoms with van der Waals surface area (Å²) >= 11 is 1.69. The van der Waals surface area contributed by atoms with Crippen LogP contribution in [0.25, 0.3) is 5.69 Å². The molecule has 1 aromatic carbocycles. The molecule has 0 atom stereocenters. The van der Waals surface area contributed by atoms with E-state index in [4.69, 9.17) is 4.99 Å². The first kappa shape index (κ1) is 20.1. The lowest BCUT2D eigenvalue weighted by Crippen LogP contribution is -2.38. The Morgan fingerprint density at radius 3 is 2.68 bits per heavy atom. The highest BCUT2D eigenvalue weighted by atomic mass is 32.1. The third-order valence-electron chi connectivity index (χ3n) is 4.32. The minimum Gasteiger partial charge on any atom is -0.357 e. The van der Waals surface area contributed by atoms with E-state index in [1.807, 2.05) is 30.7 Å². The van der Waals surface area contributed by atoms with Crippen molar-refractivity contribution >= 4 is 17.3 Å². The van der Waals surface area contributed by atoms with Crippen LogP contribution in [0.3, 0.4) is 0 Å². The van der Waals surface area contributed by atoms with Crippen LogP contribution in [-0.2, 0) is 13.0 Å². The van der Waals surface area contributed by atoms with Crippen molar-refractivity contribution in [3.8, 4) is 5.69 Å². The maximum atomic E-state index is 4.78. The van der Waals surface area contributed by atoms with Gasteiger partial charge in [-0.3, -0.25) is 0 Å². The number of rotatable bonds is 7. The van der Waals surface area contributed by atoms with Crippen LogP contribution in [0, 0.1) is 20.8 Å². The molecular formula is C21H28N6S. The van der Waals surface area contributed by atoms with Crippen LogP contribution in [0.15, 0.2) is 40.7 Å². The molecule has 0 saturated carbocycles. The van der Waals surface area contributed by atoms with Gasteiger partial charge in [0.15, 0.2) is 5.96 Å². The van der Waals surface area contributed by atoms with Crippen LogP contribution < -0.4 is 10.6 Å². The van der Waals surface area contributed by atoms with E-state index in [2.05, 4.69) is 58.1 Å². The number of guanidine groups is 1. The number of aromatic nitrogens is 3. The number of aryl methyl sites for hydroxylation is 3. The van der Waals surface area contributed by atoms with Crippen molar-refractivity contribution in [2.45, 2.75) is 40.7 Å². The van der Waals surface area contributed by atoms with E-state index in [1.54, 1.807) is 11.3 Å². The van der Waals surface area contributed by atoms with E-state index in [0.29, 0.717) is 6.54 Å². The normalized spacial score (nSPS) is 11.6. The van der Waals surface area contributed by atoms with Gasteiger partial charge in [0, 0.05) is 30.6 Å². The van der Waals surface area contributed by atoms with E-state index >= 15 is 0 Å². The van der Waals surface area contributed by atoms with Crippen LogP contribution in [0.1, 0.15) is 34.6 Å². The molecule has 0 saturated heterocycles. The molecule has 0 aliphatic carbocycles. The monoisotopic (exact) mass is 396 g/mol. The Hall–Kier alpha value is -2.67. The molecule has 3 rings (SSSR count). The van der Waals surface area contributed by atoms with Crippen LogP contribution in [-0.4, -0.2) is 33.8 Å². The van der Waals surface area contributed by atoms with Crippen molar-refractivity contribution < 1.29 is 0 Å². The average Bonchev–Trinajstić information content (AvgIpc) is 3.24. The smallest absolute Gasteiger partial charge is 0.191 e. The molecule has 2 heterocycles. The van der Waals surface area contributed by atoms with Crippen molar-refractivity contribution in [2.24, 2.45) is 4.99 Å². The van der Waals surface area contributed by atoms with Gasteiger partial charge in [-0.25, -0.2) is 14.7 Å². The largest absolute Gasteiger partial charge is 0.357 e. The van der Waals surface area contributed by atoms with Crippen molar-refractivity contribution in [3.63, 3.8) is 0 Å². The first-order valence-corrected chi connectivity index (χ1v) is 10.5. The van der Waals surface area contributed by atoms with Crippen molar-refractivity contribution in [1.29, 1.82) is 0 Å². The fraction of sp³-hybridized carbons (Fsp3) is 0.381. The van der Waals surface area contributed by atoms with Crippen LogP contribution in [0.4, 0.5) is 0 Å². The average molecular weight is 397 g/mol. The Kier molecular flexibility index (Phi) is 6.81. The van der Waals surface area contributed by atoms with Gasteiger partial charge in [0.2, 0.25) is 0 Å². The molecule has 0 aliphatic rings. The van der Waals surface area contributed by atoms with Gasteiger partial charge in [0.1, 0.15) is 0 Å². The molecule has 3 aromatic rings. The Morgan fingerprint density at radius 1 is 1.18 bits per heavy atom. The lowest BCUT2D eigenvalue weighted by atomic mass is 10.2. The minimum absolute atomic E-state index is 0.583. The summed E-state index contributed by atoms with van der Waals surface area (Å²) in [4.78, 5) is 9.29. The fourth-order valence-corrected chi connectivity index (χ4v) is 3.71. The second-order valence-corrected chi connectivity index (χ2v) is 7.76. The molecule has 28 heavy (non-hydrogen) atoms. The predicted octanol–water partition coefficient (Wildman–Crippen LogP) is 3.55. The van der Waals surface area contributed by atoms with Crippen molar-refractivity contribution in [1.82, 2.24) is 25.4 Å². The van der Waals surface area contributed by atoms with Gasteiger partial charge >= 0.3 is 0 Å². The quantitative estimate of drug-likeness (QED) is 0.473. The molecule has 0 bridgehead atoms. The van der Waals surface area contributed by atoms with Gasteiger partial charge in [-0.15, -0.1) is 11.3 Å². The molecule has 0 unspecified atom stereocenters. The second-order valence-electron chi connectivity index (χ2n) is 6.70. The van der Waals surface area contributed by atoms with Crippen LogP contribution in [0.2, 0.25) is 0 Å². The SMILES string of the molecule is CCNC(=NCc1ccccc1-n1nc(C)cc1C)NCCc1csc(C)n1. The van der Waals surface area contributed by atoms with Crippen LogP contribution in [0.5, 0.6) is 0 Å². The summed E-state index contributed by atoms with van der Waals surface area (Å²) in [6.07, 6.45) is 0.886.